The Bertz CT molecular complexity index is 791. The van der Waals surface area contributed by atoms with Gasteiger partial charge in [-0.15, -0.1) is 0 Å². The van der Waals surface area contributed by atoms with Crippen molar-refractivity contribution in [1.82, 2.24) is 9.88 Å². The molecule has 1 atom stereocenters. The molecule has 0 saturated heterocycles. The molecule has 6 heteroatoms. The van der Waals surface area contributed by atoms with Gasteiger partial charge in [0.1, 0.15) is 18.2 Å². The van der Waals surface area contributed by atoms with Gasteiger partial charge in [0.15, 0.2) is 0 Å². The lowest BCUT2D eigenvalue weighted by atomic mass is 9.95. The van der Waals surface area contributed by atoms with E-state index in [0.29, 0.717) is 18.8 Å². The van der Waals surface area contributed by atoms with E-state index in [9.17, 15) is 9.59 Å². The molecule has 0 unspecified atom stereocenters. The van der Waals surface area contributed by atoms with Crippen molar-refractivity contribution in [1.29, 1.82) is 0 Å². The number of aromatic nitrogens is 1. The van der Waals surface area contributed by atoms with Crippen molar-refractivity contribution in [2.75, 3.05) is 25.5 Å². The number of carbonyl (C=O) groups is 2. The zero-order chi connectivity index (χ0) is 17.8. The minimum absolute atomic E-state index is 0.0212. The first kappa shape index (κ1) is 17.0. The van der Waals surface area contributed by atoms with Crippen LogP contribution in [0.1, 0.15) is 11.1 Å². The van der Waals surface area contributed by atoms with Crippen molar-refractivity contribution in [3.05, 3.63) is 53.7 Å². The highest BCUT2D eigenvalue weighted by molar-refractivity contribution is 5.94. The minimum Gasteiger partial charge on any atom is -0.492 e. The Morgan fingerprint density at radius 2 is 2.12 bits per heavy atom. The van der Waals surface area contributed by atoms with Crippen molar-refractivity contribution in [3.63, 3.8) is 0 Å². The summed E-state index contributed by atoms with van der Waals surface area (Å²) in [4.78, 5) is 30.3. The Hall–Kier alpha value is -2.89. The number of rotatable bonds is 4. The maximum atomic E-state index is 12.6. The first-order valence-electron chi connectivity index (χ1n) is 8.21. The van der Waals surface area contributed by atoms with Gasteiger partial charge in [0.05, 0.1) is 12.5 Å². The molecule has 1 aliphatic heterocycles. The van der Waals surface area contributed by atoms with E-state index in [4.69, 9.17) is 4.74 Å². The predicted molar refractivity (Wildman–Crippen MR) is 94.4 cm³/mol. The predicted octanol–water partition coefficient (Wildman–Crippen LogP) is 2.04. The van der Waals surface area contributed by atoms with Crippen LogP contribution < -0.4 is 10.1 Å². The van der Waals surface area contributed by atoms with Gasteiger partial charge in [-0.05, 0) is 42.7 Å². The summed E-state index contributed by atoms with van der Waals surface area (Å²) in [6.07, 6.45) is 2.26. The lowest BCUT2D eigenvalue weighted by molar-refractivity contribution is -0.138. The van der Waals surface area contributed by atoms with Crippen LogP contribution >= 0.6 is 0 Å². The number of nitrogens with one attached hydrogen (secondary N) is 1. The number of aryl methyl sites for hydroxylation is 1. The van der Waals surface area contributed by atoms with Gasteiger partial charge in [-0.25, -0.2) is 4.98 Å². The second-order valence-electron chi connectivity index (χ2n) is 6.28. The number of fused-ring (bicyclic) bond motifs is 1. The van der Waals surface area contributed by atoms with Gasteiger partial charge >= 0.3 is 0 Å². The average molecular weight is 339 g/mol. The number of benzene rings is 1. The Balaban J connectivity index is 1.57. The highest BCUT2D eigenvalue weighted by Crippen LogP contribution is 2.27. The van der Waals surface area contributed by atoms with Gasteiger partial charge in [0.25, 0.3) is 0 Å². The summed E-state index contributed by atoms with van der Waals surface area (Å²) in [7, 11) is 1.63. The topological polar surface area (TPSA) is 71.5 Å². The van der Waals surface area contributed by atoms with Gasteiger partial charge in [-0.2, -0.15) is 0 Å². The van der Waals surface area contributed by atoms with Crippen molar-refractivity contribution in [2.45, 2.75) is 13.3 Å². The normalized spacial score (nSPS) is 15.7. The van der Waals surface area contributed by atoms with E-state index >= 15 is 0 Å². The molecule has 1 N–H and O–H groups in total. The molecule has 2 amide bonds. The lowest BCUT2D eigenvalue weighted by Crippen LogP contribution is -2.42. The number of ether oxygens (including phenoxy) is 1. The Morgan fingerprint density at radius 3 is 2.92 bits per heavy atom. The number of para-hydroxylation sites is 1. The van der Waals surface area contributed by atoms with Gasteiger partial charge in [-0.1, -0.05) is 18.2 Å². The number of amides is 2. The molecule has 2 aromatic rings. The second-order valence-corrected chi connectivity index (χ2v) is 6.28. The molecule has 25 heavy (non-hydrogen) atoms. The van der Waals surface area contributed by atoms with E-state index < -0.39 is 0 Å². The molecule has 0 spiro atoms. The molecule has 0 aliphatic carbocycles. The highest BCUT2D eigenvalue weighted by Gasteiger charge is 2.28. The van der Waals surface area contributed by atoms with Crippen molar-refractivity contribution in [3.8, 4) is 5.75 Å². The van der Waals surface area contributed by atoms with Gasteiger partial charge in [0.2, 0.25) is 11.8 Å². The molecule has 2 heterocycles. The van der Waals surface area contributed by atoms with Crippen LogP contribution in [-0.2, 0) is 16.0 Å². The molecule has 1 aromatic heterocycles. The summed E-state index contributed by atoms with van der Waals surface area (Å²) in [6, 6.07) is 11.3. The molecule has 1 aromatic carbocycles. The van der Waals surface area contributed by atoms with E-state index in [2.05, 4.69) is 10.3 Å². The van der Waals surface area contributed by atoms with Crippen LogP contribution in [0.3, 0.4) is 0 Å². The van der Waals surface area contributed by atoms with E-state index in [1.807, 2.05) is 37.3 Å². The number of hydrogen-bond acceptors (Lipinski definition) is 4. The Morgan fingerprint density at radius 1 is 1.32 bits per heavy atom. The van der Waals surface area contributed by atoms with Crippen molar-refractivity contribution in [2.24, 2.45) is 5.92 Å². The number of nitrogens with zero attached hydrogens (tertiary/aromatic N) is 2. The minimum atomic E-state index is -0.273. The fraction of sp³-hybridized carbons (Fsp3) is 0.316. The molecular formula is C19H21N3O3. The summed E-state index contributed by atoms with van der Waals surface area (Å²) in [6.45, 7) is 2.24. The van der Waals surface area contributed by atoms with Crippen LogP contribution in [0.15, 0.2) is 42.6 Å². The first-order chi connectivity index (χ1) is 12.0. The van der Waals surface area contributed by atoms with E-state index in [1.165, 1.54) is 4.90 Å². The Kier molecular flexibility index (Phi) is 4.97. The number of hydrogen-bond donors (Lipinski definition) is 1. The zero-order valence-electron chi connectivity index (χ0n) is 14.4. The Labute approximate surface area is 146 Å². The third kappa shape index (κ3) is 4.15. The van der Waals surface area contributed by atoms with E-state index in [1.54, 1.807) is 19.3 Å². The third-order valence-electron chi connectivity index (χ3n) is 4.17. The fourth-order valence-corrected chi connectivity index (χ4v) is 2.88. The summed E-state index contributed by atoms with van der Waals surface area (Å²) in [5, 5.41) is 2.71. The van der Waals surface area contributed by atoms with Crippen molar-refractivity contribution >= 4 is 17.6 Å². The van der Waals surface area contributed by atoms with Crippen LogP contribution in [0.25, 0.3) is 0 Å². The fourth-order valence-electron chi connectivity index (χ4n) is 2.88. The van der Waals surface area contributed by atoms with Crippen LogP contribution in [0.2, 0.25) is 0 Å². The molecular weight excluding hydrogens is 318 g/mol. The van der Waals surface area contributed by atoms with Gasteiger partial charge < -0.3 is 15.0 Å². The first-order valence-corrected chi connectivity index (χ1v) is 8.21. The lowest BCUT2D eigenvalue weighted by Gasteiger charge is -2.28. The van der Waals surface area contributed by atoms with Crippen molar-refractivity contribution < 1.29 is 14.3 Å². The molecule has 0 radical (unpaired) electrons. The molecule has 3 rings (SSSR count). The van der Waals surface area contributed by atoms with Gasteiger partial charge in [-0.3, -0.25) is 9.59 Å². The monoisotopic (exact) mass is 339 g/mol. The molecule has 6 nitrogen and oxygen atoms in total. The summed E-state index contributed by atoms with van der Waals surface area (Å²) in [5.41, 5.74) is 2.03. The largest absolute Gasteiger partial charge is 0.492 e. The van der Waals surface area contributed by atoms with Crippen LogP contribution in [0, 0.1) is 12.8 Å². The van der Waals surface area contributed by atoms with E-state index in [0.717, 1.165) is 16.9 Å². The van der Waals surface area contributed by atoms with Crippen LogP contribution in [0.5, 0.6) is 5.75 Å². The maximum Gasteiger partial charge on any atom is 0.245 e. The average Bonchev–Trinajstić information content (AvgIpc) is 2.60. The number of carbonyl (C=O) groups excluding carboxylic acids is 2. The summed E-state index contributed by atoms with van der Waals surface area (Å²) >= 11 is 0. The smallest absolute Gasteiger partial charge is 0.245 e. The number of likely N-dealkylation sites (N-methyl/N-ethyl adjacent to an activating group) is 1. The SMILES string of the molecule is Cc1ccnc(NC(=O)CN(C)C(=O)[C@H]2COc3ccccc3C2)c1. The molecule has 0 fully saturated rings. The van der Waals surface area contributed by atoms with Crippen LogP contribution in [0.4, 0.5) is 5.82 Å². The standard InChI is InChI=1S/C19H21N3O3/c1-13-7-8-20-17(9-13)21-18(23)11-22(2)19(24)15-10-14-5-3-4-6-16(14)25-12-15/h3-9,15H,10-12H2,1-2H3,(H,20,21,23)/t15-/m1/s1. The molecule has 0 bridgehead atoms. The summed E-state index contributed by atoms with van der Waals surface area (Å²) < 4.78 is 5.66. The summed E-state index contributed by atoms with van der Waals surface area (Å²) in [5.74, 6) is 0.677. The maximum absolute atomic E-state index is 12.6. The van der Waals surface area contributed by atoms with Crippen LogP contribution in [-0.4, -0.2) is 41.9 Å². The highest BCUT2D eigenvalue weighted by atomic mass is 16.5. The zero-order valence-corrected chi connectivity index (χ0v) is 14.4. The number of pyridine rings is 1. The van der Waals surface area contributed by atoms with E-state index in [-0.39, 0.29) is 24.3 Å². The molecule has 0 saturated carbocycles. The van der Waals surface area contributed by atoms with Gasteiger partial charge in [0, 0.05) is 13.2 Å². The molecule has 1 aliphatic rings. The second kappa shape index (κ2) is 7.34. The molecule has 130 valence electrons. The quantitative estimate of drug-likeness (QED) is 0.925. The third-order valence-corrected chi connectivity index (χ3v) is 4.17. The number of anilines is 1.